The Morgan fingerprint density at radius 2 is 2.08 bits per heavy atom. The molecule has 2 aromatic heterocycles. The predicted octanol–water partition coefficient (Wildman–Crippen LogP) is 2.51. The topological polar surface area (TPSA) is 88.6 Å². The van der Waals surface area contributed by atoms with Gasteiger partial charge in [-0.3, -0.25) is 9.10 Å². The SMILES string of the molecule is CC(C)OC1=C(C(=O)Nc2ccccn2)N(C)S(=O)(=O)c2ccsc21. The third-order valence-corrected chi connectivity index (χ3v) is 6.32. The normalized spacial score (nSPS) is 15.9. The Hall–Kier alpha value is -2.39. The molecule has 3 rings (SSSR count). The zero-order chi connectivity index (χ0) is 18.2. The monoisotopic (exact) mass is 379 g/mol. The van der Waals surface area contributed by atoms with E-state index in [1.54, 1.807) is 23.6 Å². The van der Waals surface area contributed by atoms with Gasteiger partial charge in [0.2, 0.25) is 0 Å². The van der Waals surface area contributed by atoms with Crippen LogP contribution in [0.15, 0.2) is 46.4 Å². The third-order valence-electron chi connectivity index (χ3n) is 3.48. The molecule has 0 radical (unpaired) electrons. The number of thiophene rings is 1. The number of hydrogen-bond donors (Lipinski definition) is 1. The number of hydrogen-bond acceptors (Lipinski definition) is 6. The zero-order valence-electron chi connectivity index (χ0n) is 13.9. The zero-order valence-corrected chi connectivity index (χ0v) is 15.5. The number of fused-ring (bicyclic) bond motifs is 1. The number of carbonyl (C=O) groups is 1. The number of ether oxygens (including phenoxy) is 1. The minimum Gasteiger partial charge on any atom is -0.487 e. The lowest BCUT2D eigenvalue weighted by Crippen LogP contribution is -2.37. The molecular formula is C16H17N3O4S2. The van der Waals surface area contributed by atoms with Crippen LogP contribution in [0.5, 0.6) is 0 Å². The smallest absolute Gasteiger partial charge is 0.278 e. The first-order valence-electron chi connectivity index (χ1n) is 7.52. The molecule has 1 aliphatic rings. The van der Waals surface area contributed by atoms with Gasteiger partial charge in [-0.15, -0.1) is 11.3 Å². The second-order valence-electron chi connectivity index (χ2n) is 5.60. The summed E-state index contributed by atoms with van der Waals surface area (Å²) in [6.45, 7) is 3.63. The summed E-state index contributed by atoms with van der Waals surface area (Å²) in [6.07, 6.45) is 1.31. The second kappa shape index (κ2) is 6.49. The van der Waals surface area contributed by atoms with Gasteiger partial charge in [-0.25, -0.2) is 13.4 Å². The number of rotatable bonds is 4. The minimum absolute atomic E-state index is 0.0608. The van der Waals surface area contributed by atoms with Crippen molar-refractivity contribution in [2.75, 3.05) is 12.4 Å². The summed E-state index contributed by atoms with van der Waals surface area (Å²) in [7, 11) is -2.47. The number of sulfonamides is 1. The van der Waals surface area contributed by atoms with Gasteiger partial charge in [0.05, 0.1) is 11.0 Å². The van der Waals surface area contributed by atoms with Crippen LogP contribution in [-0.4, -0.2) is 36.8 Å². The van der Waals surface area contributed by atoms with E-state index >= 15 is 0 Å². The predicted molar refractivity (Wildman–Crippen MR) is 95.3 cm³/mol. The standard InChI is InChI=1S/C16H17N3O4S2/c1-10(2)23-14-13(16(20)18-12-6-4-5-8-17-12)19(3)25(21,22)11-7-9-24-15(11)14/h4-10H,1-3H3,(H,17,18,20). The maximum atomic E-state index is 12.8. The third kappa shape index (κ3) is 3.12. The first-order chi connectivity index (χ1) is 11.8. The molecule has 7 nitrogen and oxygen atoms in total. The van der Waals surface area contributed by atoms with Crippen LogP contribution in [0.4, 0.5) is 5.82 Å². The fraction of sp³-hybridized carbons (Fsp3) is 0.250. The first kappa shape index (κ1) is 17.4. The Morgan fingerprint density at radius 3 is 2.72 bits per heavy atom. The van der Waals surface area contributed by atoms with Crippen molar-refractivity contribution in [3.8, 4) is 0 Å². The van der Waals surface area contributed by atoms with E-state index in [4.69, 9.17) is 4.74 Å². The average Bonchev–Trinajstić information content (AvgIpc) is 3.04. The minimum atomic E-state index is -3.81. The summed E-state index contributed by atoms with van der Waals surface area (Å²) in [5.74, 6) is -0.0168. The van der Waals surface area contributed by atoms with Crippen LogP contribution in [0.25, 0.3) is 5.76 Å². The molecular weight excluding hydrogens is 362 g/mol. The summed E-state index contributed by atoms with van der Waals surface area (Å²) in [5.41, 5.74) is -0.0608. The van der Waals surface area contributed by atoms with Crippen molar-refractivity contribution in [1.82, 2.24) is 9.29 Å². The van der Waals surface area contributed by atoms with Crippen LogP contribution in [0, 0.1) is 0 Å². The van der Waals surface area contributed by atoms with Crippen LogP contribution in [-0.2, 0) is 19.6 Å². The molecule has 132 valence electrons. The van der Waals surface area contributed by atoms with E-state index in [1.807, 2.05) is 13.8 Å². The Kier molecular flexibility index (Phi) is 4.53. The molecule has 0 saturated carbocycles. The van der Waals surface area contributed by atoms with Gasteiger partial charge in [-0.2, -0.15) is 0 Å². The van der Waals surface area contributed by atoms with Gasteiger partial charge in [-0.05, 0) is 37.4 Å². The van der Waals surface area contributed by atoms with Gasteiger partial charge < -0.3 is 10.1 Å². The van der Waals surface area contributed by atoms with Gasteiger partial charge in [0.1, 0.15) is 10.7 Å². The lowest BCUT2D eigenvalue weighted by atomic mass is 10.2. The number of anilines is 1. The Bertz CT molecular complexity index is 933. The van der Waals surface area contributed by atoms with Crippen molar-refractivity contribution in [2.45, 2.75) is 24.8 Å². The van der Waals surface area contributed by atoms with Gasteiger partial charge in [0.15, 0.2) is 11.5 Å². The molecule has 25 heavy (non-hydrogen) atoms. The summed E-state index contributed by atoms with van der Waals surface area (Å²) < 4.78 is 32.2. The first-order valence-corrected chi connectivity index (χ1v) is 9.84. The number of pyridine rings is 1. The van der Waals surface area contributed by atoms with Crippen LogP contribution < -0.4 is 5.32 Å². The Labute approximate surface area is 150 Å². The van der Waals surface area contributed by atoms with Crippen LogP contribution in [0.1, 0.15) is 18.7 Å². The van der Waals surface area contributed by atoms with E-state index in [9.17, 15) is 13.2 Å². The molecule has 0 spiro atoms. The van der Waals surface area contributed by atoms with E-state index in [1.165, 1.54) is 30.6 Å². The van der Waals surface area contributed by atoms with Crippen molar-refractivity contribution >= 4 is 38.8 Å². The average molecular weight is 379 g/mol. The number of carbonyl (C=O) groups excluding carboxylic acids is 1. The fourth-order valence-electron chi connectivity index (χ4n) is 2.39. The highest BCUT2D eigenvalue weighted by Crippen LogP contribution is 2.40. The van der Waals surface area contributed by atoms with E-state index in [0.717, 1.165) is 4.31 Å². The van der Waals surface area contributed by atoms with Gasteiger partial charge in [0.25, 0.3) is 15.9 Å². The number of aromatic nitrogens is 1. The molecule has 1 N–H and O–H groups in total. The van der Waals surface area contributed by atoms with Crippen molar-refractivity contribution in [2.24, 2.45) is 0 Å². The number of amides is 1. The quantitative estimate of drug-likeness (QED) is 0.882. The molecule has 9 heteroatoms. The van der Waals surface area contributed by atoms with Crippen molar-refractivity contribution < 1.29 is 17.9 Å². The Balaban J connectivity index is 2.12. The molecule has 2 aromatic rings. The summed E-state index contributed by atoms with van der Waals surface area (Å²) in [5, 5.41) is 4.28. The summed E-state index contributed by atoms with van der Waals surface area (Å²) in [6, 6.07) is 6.58. The van der Waals surface area contributed by atoms with Crippen molar-refractivity contribution in [3.05, 3.63) is 46.4 Å². The number of nitrogens with zero attached hydrogens (tertiary/aromatic N) is 2. The highest BCUT2D eigenvalue weighted by atomic mass is 32.2. The Morgan fingerprint density at radius 1 is 1.32 bits per heavy atom. The van der Waals surface area contributed by atoms with Crippen LogP contribution in [0.3, 0.4) is 0 Å². The molecule has 0 unspecified atom stereocenters. The lowest BCUT2D eigenvalue weighted by Gasteiger charge is -2.29. The maximum absolute atomic E-state index is 12.8. The number of likely N-dealkylation sites (N-methyl/N-ethyl adjacent to an activating group) is 1. The molecule has 3 heterocycles. The second-order valence-corrected chi connectivity index (χ2v) is 8.45. The highest BCUT2D eigenvalue weighted by Gasteiger charge is 2.40. The van der Waals surface area contributed by atoms with E-state index in [-0.39, 0.29) is 22.5 Å². The summed E-state index contributed by atoms with van der Waals surface area (Å²) >= 11 is 1.22. The highest BCUT2D eigenvalue weighted by molar-refractivity contribution is 7.89. The van der Waals surface area contributed by atoms with Gasteiger partial charge >= 0.3 is 0 Å². The van der Waals surface area contributed by atoms with Gasteiger partial charge in [0, 0.05) is 13.2 Å². The van der Waals surface area contributed by atoms with Crippen molar-refractivity contribution in [1.29, 1.82) is 0 Å². The molecule has 0 atom stereocenters. The molecule has 1 amide bonds. The molecule has 0 saturated heterocycles. The van der Waals surface area contributed by atoms with Crippen LogP contribution >= 0.6 is 11.3 Å². The van der Waals surface area contributed by atoms with Crippen LogP contribution in [0.2, 0.25) is 0 Å². The molecule has 1 aliphatic heterocycles. The number of nitrogens with one attached hydrogen (secondary N) is 1. The molecule has 0 bridgehead atoms. The van der Waals surface area contributed by atoms with Crippen molar-refractivity contribution in [3.63, 3.8) is 0 Å². The van der Waals surface area contributed by atoms with E-state index in [0.29, 0.717) is 10.7 Å². The molecule has 0 fully saturated rings. The lowest BCUT2D eigenvalue weighted by molar-refractivity contribution is -0.113. The molecule has 0 aliphatic carbocycles. The van der Waals surface area contributed by atoms with E-state index in [2.05, 4.69) is 10.3 Å². The maximum Gasteiger partial charge on any atom is 0.278 e. The molecule has 0 aromatic carbocycles. The van der Waals surface area contributed by atoms with Gasteiger partial charge in [-0.1, -0.05) is 6.07 Å². The summed E-state index contributed by atoms with van der Waals surface area (Å²) in [4.78, 5) is 17.4. The largest absolute Gasteiger partial charge is 0.487 e. The fourth-order valence-corrected chi connectivity index (χ4v) is 4.98. The van der Waals surface area contributed by atoms with E-state index < -0.39 is 15.9 Å².